The Morgan fingerprint density at radius 1 is 1.42 bits per heavy atom. The zero-order valence-electron chi connectivity index (χ0n) is 10.6. The van der Waals surface area contributed by atoms with Gasteiger partial charge in [-0.15, -0.1) is 0 Å². The number of para-hydroxylation sites is 1. The lowest BCUT2D eigenvalue weighted by atomic mass is 9.95. The van der Waals surface area contributed by atoms with Crippen molar-refractivity contribution in [1.82, 2.24) is 0 Å². The fraction of sp³-hybridized carbons (Fsp3) is 0.429. The molecule has 1 atom stereocenters. The van der Waals surface area contributed by atoms with Crippen molar-refractivity contribution in [3.63, 3.8) is 0 Å². The van der Waals surface area contributed by atoms with Crippen LogP contribution in [0.5, 0.6) is 0 Å². The molecule has 0 spiro atoms. The van der Waals surface area contributed by atoms with Crippen molar-refractivity contribution < 1.29 is 14.7 Å². The van der Waals surface area contributed by atoms with Gasteiger partial charge in [0, 0.05) is 17.4 Å². The number of carboxylic acids is 1. The summed E-state index contributed by atoms with van der Waals surface area (Å²) in [5, 5.41) is 9.02. The lowest BCUT2D eigenvalue weighted by molar-refractivity contribution is -0.137. The maximum atomic E-state index is 12.4. The maximum absolute atomic E-state index is 12.4. The van der Waals surface area contributed by atoms with Crippen LogP contribution in [0.3, 0.4) is 0 Å². The third kappa shape index (κ3) is 3.10. The quantitative estimate of drug-likeness (QED) is 0.832. The highest BCUT2D eigenvalue weighted by molar-refractivity contribution is 7.80. The summed E-state index contributed by atoms with van der Waals surface area (Å²) in [7, 11) is 0. The van der Waals surface area contributed by atoms with Crippen LogP contribution < -0.4 is 4.90 Å². The number of amides is 1. The van der Waals surface area contributed by atoms with Crippen molar-refractivity contribution in [2.75, 3.05) is 17.2 Å². The van der Waals surface area contributed by atoms with Gasteiger partial charge < -0.3 is 10.0 Å². The van der Waals surface area contributed by atoms with Gasteiger partial charge in [-0.2, -0.15) is 12.6 Å². The van der Waals surface area contributed by atoms with Gasteiger partial charge in [0.2, 0.25) is 5.91 Å². The van der Waals surface area contributed by atoms with Crippen LogP contribution in [-0.2, 0) is 16.0 Å². The van der Waals surface area contributed by atoms with E-state index in [1.807, 2.05) is 24.3 Å². The van der Waals surface area contributed by atoms with Crippen LogP contribution in [0.15, 0.2) is 24.3 Å². The van der Waals surface area contributed by atoms with Gasteiger partial charge in [-0.25, -0.2) is 0 Å². The van der Waals surface area contributed by atoms with E-state index in [1.54, 1.807) is 0 Å². The van der Waals surface area contributed by atoms with Gasteiger partial charge in [0.15, 0.2) is 0 Å². The number of aryl methyl sites for hydroxylation is 1. The number of thiol groups is 1. The van der Waals surface area contributed by atoms with E-state index < -0.39 is 5.97 Å². The molecular weight excluding hydrogens is 262 g/mol. The molecule has 0 aromatic heterocycles. The largest absolute Gasteiger partial charge is 0.480 e. The average Bonchev–Trinajstić information content (AvgIpc) is 2.39. The normalized spacial score (nSPS) is 19.5. The van der Waals surface area contributed by atoms with Gasteiger partial charge >= 0.3 is 5.97 Å². The Morgan fingerprint density at radius 2 is 2.16 bits per heavy atom. The van der Waals surface area contributed by atoms with Crippen LogP contribution in [0.4, 0.5) is 5.69 Å². The van der Waals surface area contributed by atoms with Crippen molar-refractivity contribution in [1.29, 1.82) is 0 Å². The molecule has 1 aliphatic heterocycles. The molecular formula is C14H17NO3S. The molecule has 0 saturated carbocycles. The Bertz CT molecular complexity index is 489. The number of carbonyl (C=O) groups is 2. The van der Waals surface area contributed by atoms with Crippen molar-refractivity contribution in [3.05, 3.63) is 29.8 Å². The number of hydrogen-bond acceptors (Lipinski definition) is 3. The molecule has 1 N–H and O–H groups in total. The number of carbonyl (C=O) groups excluding carboxylic acids is 1. The molecule has 0 fully saturated rings. The highest BCUT2D eigenvalue weighted by Crippen LogP contribution is 2.28. The molecule has 1 heterocycles. The minimum absolute atomic E-state index is 0.135. The van der Waals surface area contributed by atoms with E-state index in [9.17, 15) is 9.59 Å². The minimum atomic E-state index is -0.998. The van der Waals surface area contributed by atoms with E-state index in [4.69, 9.17) is 5.11 Å². The summed E-state index contributed by atoms with van der Waals surface area (Å²) in [6.45, 7) is -0.292. The van der Waals surface area contributed by atoms with Gasteiger partial charge in [0.05, 0.1) is 0 Å². The third-order valence-corrected chi connectivity index (χ3v) is 3.85. The summed E-state index contributed by atoms with van der Waals surface area (Å²) in [4.78, 5) is 24.8. The molecule has 1 amide bonds. The second-order valence-electron chi connectivity index (χ2n) is 4.72. The highest BCUT2D eigenvalue weighted by atomic mass is 32.1. The molecule has 0 saturated heterocycles. The van der Waals surface area contributed by atoms with Crippen LogP contribution >= 0.6 is 12.6 Å². The van der Waals surface area contributed by atoms with Crippen LogP contribution in [0, 0.1) is 5.92 Å². The molecule has 1 unspecified atom stereocenters. The summed E-state index contributed by atoms with van der Waals surface area (Å²) >= 11 is 4.21. The number of hydrogen-bond donors (Lipinski definition) is 2. The van der Waals surface area contributed by atoms with Crippen LogP contribution in [0.2, 0.25) is 0 Å². The summed E-state index contributed by atoms with van der Waals surface area (Å²) in [5.74, 6) is -0.876. The van der Waals surface area contributed by atoms with Crippen LogP contribution in [0.1, 0.15) is 18.4 Å². The van der Waals surface area contributed by atoms with Crippen molar-refractivity contribution in [2.24, 2.45) is 5.92 Å². The summed E-state index contributed by atoms with van der Waals surface area (Å²) < 4.78 is 0. The number of aliphatic carboxylic acids is 1. The standard InChI is InChI=1S/C14H17NO3S/c16-13(17)8-15-12-7-2-1-4-10(12)5-3-6-11(9-19)14(15)18/h1-2,4,7,11,19H,3,5-6,8-9H2,(H,16,17). The van der Waals surface area contributed by atoms with Gasteiger partial charge in [0.1, 0.15) is 6.54 Å². The highest BCUT2D eigenvalue weighted by Gasteiger charge is 2.29. The van der Waals surface area contributed by atoms with Crippen molar-refractivity contribution in [3.8, 4) is 0 Å². The summed E-state index contributed by atoms with van der Waals surface area (Å²) in [5.41, 5.74) is 1.76. The topological polar surface area (TPSA) is 57.6 Å². The zero-order valence-corrected chi connectivity index (χ0v) is 11.5. The first-order chi connectivity index (χ1) is 9.13. The van der Waals surface area contributed by atoms with E-state index in [1.165, 1.54) is 4.90 Å². The fourth-order valence-corrected chi connectivity index (χ4v) is 2.79. The first kappa shape index (κ1) is 13.9. The lowest BCUT2D eigenvalue weighted by Gasteiger charge is -2.29. The molecule has 19 heavy (non-hydrogen) atoms. The second-order valence-corrected chi connectivity index (χ2v) is 5.08. The molecule has 2 rings (SSSR count). The Morgan fingerprint density at radius 3 is 2.84 bits per heavy atom. The molecule has 4 nitrogen and oxygen atoms in total. The third-order valence-electron chi connectivity index (χ3n) is 3.41. The van der Waals surface area contributed by atoms with E-state index in [-0.39, 0.29) is 18.4 Å². The van der Waals surface area contributed by atoms with Crippen LogP contribution in [-0.4, -0.2) is 29.3 Å². The fourth-order valence-electron chi connectivity index (χ4n) is 2.45. The molecule has 1 aromatic rings. The first-order valence-electron chi connectivity index (χ1n) is 6.35. The minimum Gasteiger partial charge on any atom is -0.480 e. The molecule has 1 aromatic carbocycles. The molecule has 102 valence electrons. The Kier molecular flexibility index (Phi) is 4.47. The number of rotatable bonds is 3. The van der Waals surface area contributed by atoms with Gasteiger partial charge in [-0.3, -0.25) is 9.59 Å². The molecule has 0 aliphatic carbocycles. The van der Waals surface area contributed by atoms with E-state index in [0.717, 1.165) is 30.5 Å². The van der Waals surface area contributed by atoms with E-state index in [2.05, 4.69) is 12.6 Å². The summed E-state index contributed by atoms with van der Waals surface area (Å²) in [6, 6.07) is 7.52. The Balaban J connectivity index is 2.41. The van der Waals surface area contributed by atoms with E-state index >= 15 is 0 Å². The predicted molar refractivity (Wildman–Crippen MR) is 76.7 cm³/mol. The number of anilines is 1. The lowest BCUT2D eigenvalue weighted by Crippen LogP contribution is -2.41. The molecule has 0 bridgehead atoms. The van der Waals surface area contributed by atoms with Crippen molar-refractivity contribution >= 4 is 30.2 Å². The monoisotopic (exact) mass is 279 g/mol. The van der Waals surface area contributed by atoms with Gasteiger partial charge in [-0.1, -0.05) is 18.2 Å². The summed E-state index contributed by atoms with van der Waals surface area (Å²) in [6.07, 6.45) is 2.55. The Labute approximate surface area is 117 Å². The number of fused-ring (bicyclic) bond motifs is 1. The van der Waals surface area contributed by atoms with Gasteiger partial charge in [0.25, 0.3) is 0 Å². The zero-order chi connectivity index (χ0) is 13.8. The predicted octanol–water partition coefficient (Wildman–Crippen LogP) is 1.99. The average molecular weight is 279 g/mol. The van der Waals surface area contributed by atoms with Gasteiger partial charge in [-0.05, 0) is 30.9 Å². The molecule has 1 aliphatic rings. The smallest absolute Gasteiger partial charge is 0.323 e. The van der Waals surface area contributed by atoms with Crippen LogP contribution in [0.25, 0.3) is 0 Å². The maximum Gasteiger partial charge on any atom is 0.323 e. The Hall–Kier alpha value is -1.49. The first-order valence-corrected chi connectivity index (χ1v) is 6.98. The SMILES string of the molecule is O=C(O)CN1C(=O)C(CS)CCCc2ccccc21. The second kappa shape index (κ2) is 6.10. The van der Waals surface area contributed by atoms with E-state index in [0.29, 0.717) is 5.75 Å². The molecule has 0 radical (unpaired) electrons. The number of benzene rings is 1. The number of carboxylic acid groups (broad SMARTS) is 1. The molecule has 5 heteroatoms. The van der Waals surface area contributed by atoms with Crippen molar-refractivity contribution in [2.45, 2.75) is 19.3 Å². The number of nitrogens with zero attached hydrogens (tertiary/aromatic N) is 1.